The van der Waals surface area contributed by atoms with Gasteiger partial charge in [-0.15, -0.1) is 0 Å². The Morgan fingerprint density at radius 3 is 2.46 bits per heavy atom. The smallest absolute Gasteiger partial charge is 0.266 e. The van der Waals surface area contributed by atoms with Gasteiger partial charge in [-0.1, -0.05) is 30.0 Å². The molecular weight excluding hydrogens is 467 g/mol. The molecule has 0 unspecified atom stereocenters. The number of para-hydroxylation sites is 1. The lowest BCUT2D eigenvalue weighted by molar-refractivity contribution is -0.113. The van der Waals surface area contributed by atoms with Crippen LogP contribution < -0.4 is 10.9 Å². The lowest BCUT2D eigenvalue weighted by Crippen LogP contribution is -2.23. The van der Waals surface area contributed by atoms with Gasteiger partial charge in [0, 0.05) is 25.3 Å². The largest absolute Gasteiger partial charge is 0.345 e. The van der Waals surface area contributed by atoms with Crippen molar-refractivity contribution in [3.05, 3.63) is 94.0 Å². The maximum atomic E-state index is 14.3. The maximum absolute atomic E-state index is 14.3. The fraction of sp³-hybridized carbons (Fsp3) is 0.154. The van der Waals surface area contributed by atoms with Gasteiger partial charge in [0.2, 0.25) is 5.91 Å². The van der Waals surface area contributed by atoms with Crippen molar-refractivity contribution >= 4 is 40.2 Å². The van der Waals surface area contributed by atoms with E-state index in [1.807, 2.05) is 0 Å². The molecule has 0 atom stereocenters. The number of anilines is 1. The normalized spacial score (nSPS) is 10.9. The Kier molecular flexibility index (Phi) is 6.97. The standard InChI is InChI=1S/C26H23FN4O3S/c1-16-8-13-19(14-21(16)27)31-25(34)20-6-4-5-7-22(20)29-26(31)35-15-23(32)28-18-11-9-17(10-12-18)24(33)30(2)3/h4-14H,15H2,1-3H3,(H,28,32). The van der Waals surface area contributed by atoms with Crippen LogP contribution in [0.5, 0.6) is 0 Å². The Hall–Kier alpha value is -3.98. The van der Waals surface area contributed by atoms with Crippen LogP contribution in [0.3, 0.4) is 0 Å². The van der Waals surface area contributed by atoms with Crippen LogP contribution >= 0.6 is 11.8 Å². The van der Waals surface area contributed by atoms with E-state index >= 15 is 0 Å². The van der Waals surface area contributed by atoms with Crippen LogP contribution in [0.15, 0.2) is 76.7 Å². The quantitative estimate of drug-likeness (QED) is 0.322. The number of carbonyl (C=O) groups is 2. The first-order valence-electron chi connectivity index (χ1n) is 10.8. The summed E-state index contributed by atoms with van der Waals surface area (Å²) in [5.41, 5.74) is 1.99. The first-order chi connectivity index (χ1) is 16.7. The van der Waals surface area contributed by atoms with Crippen LogP contribution in [0, 0.1) is 12.7 Å². The summed E-state index contributed by atoms with van der Waals surface area (Å²) < 4.78 is 15.6. The highest BCUT2D eigenvalue weighted by molar-refractivity contribution is 7.99. The van der Waals surface area contributed by atoms with Crippen molar-refractivity contribution in [2.24, 2.45) is 0 Å². The van der Waals surface area contributed by atoms with Gasteiger partial charge in [-0.3, -0.25) is 19.0 Å². The number of aryl methyl sites for hydroxylation is 1. The number of rotatable bonds is 6. The fourth-order valence-electron chi connectivity index (χ4n) is 3.44. The Balaban J connectivity index is 1.59. The summed E-state index contributed by atoms with van der Waals surface area (Å²) in [6.45, 7) is 1.64. The topological polar surface area (TPSA) is 84.3 Å². The number of aromatic nitrogens is 2. The van der Waals surface area contributed by atoms with Gasteiger partial charge in [0.25, 0.3) is 11.5 Å². The molecule has 0 saturated carbocycles. The average molecular weight is 491 g/mol. The molecule has 7 nitrogen and oxygen atoms in total. The number of fused-ring (bicyclic) bond motifs is 1. The van der Waals surface area contributed by atoms with E-state index in [2.05, 4.69) is 10.3 Å². The molecule has 4 rings (SSSR count). The Bertz CT molecular complexity index is 1480. The van der Waals surface area contributed by atoms with Gasteiger partial charge in [-0.2, -0.15) is 0 Å². The van der Waals surface area contributed by atoms with Gasteiger partial charge >= 0.3 is 0 Å². The second-order valence-corrected chi connectivity index (χ2v) is 9.04. The third kappa shape index (κ3) is 5.25. The molecule has 1 aromatic heterocycles. The molecule has 0 radical (unpaired) electrons. The average Bonchev–Trinajstić information content (AvgIpc) is 2.84. The number of nitrogens with one attached hydrogen (secondary N) is 1. The summed E-state index contributed by atoms with van der Waals surface area (Å²) >= 11 is 1.08. The van der Waals surface area contributed by atoms with Crippen molar-refractivity contribution in [2.75, 3.05) is 25.2 Å². The minimum atomic E-state index is -0.438. The summed E-state index contributed by atoms with van der Waals surface area (Å²) in [5.74, 6) is -0.915. The SMILES string of the molecule is Cc1ccc(-n2c(SCC(=O)Nc3ccc(C(=O)N(C)C)cc3)nc3ccccc3c2=O)cc1F. The van der Waals surface area contributed by atoms with Crippen molar-refractivity contribution in [2.45, 2.75) is 12.1 Å². The molecule has 35 heavy (non-hydrogen) atoms. The van der Waals surface area contributed by atoms with Crippen LogP contribution in [0.2, 0.25) is 0 Å². The molecular formula is C26H23FN4O3S. The molecule has 1 heterocycles. The second-order valence-electron chi connectivity index (χ2n) is 8.10. The fourth-order valence-corrected chi connectivity index (χ4v) is 4.25. The minimum absolute atomic E-state index is 0.0303. The molecule has 0 aliphatic carbocycles. The summed E-state index contributed by atoms with van der Waals surface area (Å²) in [5, 5.41) is 3.45. The molecule has 0 bridgehead atoms. The molecule has 0 spiro atoms. The van der Waals surface area contributed by atoms with Crippen molar-refractivity contribution in [3.8, 4) is 5.69 Å². The van der Waals surface area contributed by atoms with Crippen molar-refractivity contribution in [1.82, 2.24) is 14.5 Å². The van der Waals surface area contributed by atoms with Crippen molar-refractivity contribution < 1.29 is 14.0 Å². The molecule has 1 N–H and O–H groups in total. The zero-order valence-electron chi connectivity index (χ0n) is 19.4. The lowest BCUT2D eigenvalue weighted by atomic mass is 10.2. The zero-order valence-corrected chi connectivity index (χ0v) is 20.2. The highest BCUT2D eigenvalue weighted by Crippen LogP contribution is 2.23. The number of hydrogen-bond acceptors (Lipinski definition) is 5. The van der Waals surface area contributed by atoms with Crippen LogP contribution in [-0.2, 0) is 4.79 Å². The predicted octanol–water partition coefficient (Wildman–Crippen LogP) is 4.27. The van der Waals surface area contributed by atoms with E-state index in [0.717, 1.165) is 11.8 Å². The molecule has 9 heteroatoms. The molecule has 0 aliphatic heterocycles. The molecule has 3 aromatic carbocycles. The van der Waals surface area contributed by atoms with E-state index in [1.165, 1.54) is 15.5 Å². The first kappa shape index (κ1) is 24.2. The monoisotopic (exact) mass is 490 g/mol. The van der Waals surface area contributed by atoms with E-state index < -0.39 is 5.82 Å². The highest BCUT2D eigenvalue weighted by atomic mass is 32.2. The summed E-state index contributed by atoms with van der Waals surface area (Å²) in [6.07, 6.45) is 0. The Labute approximate surface area is 205 Å². The third-order valence-electron chi connectivity index (χ3n) is 5.31. The third-order valence-corrected chi connectivity index (χ3v) is 6.25. The highest BCUT2D eigenvalue weighted by Gasteiger charge is 2.16. The number of thioether (sulfide) groups is 1. The zero-order chi connectivity index (χ0) is 25.1. The molecule has 2 amide bonds. The summed E-state index contributed by atoms with van der Waals surface area (Å²) in [4.78, 5) is 44.0. The molecule has 178 valence electrons. The lowest BCUT2D eigenvalue weighted by Gasteiger charge is -2.14. The summed E-state index contributed by atoms with van der Waals surface area (Å²) in [7, 11) is 3.33. The van der Waals surface area contributed by atoms with Crippen molar-refractivity contribution in [1.29, 1.82) is 0 Å². The number of benzene rings is 3. The van der Waals surface area contributed by atoms with E-state index in [0.29, 0.717) is 33.4 Å². The van der Waals surface area contributed by atoms with Gasteiger partial charge in [-0.25, -0.2) is 9.37 Å². The van der Waals surface area contributed by atoms with Gasteiger partial charge in [-0.05, 0) is 61.0 Å². The van der Waals surface area contributed by atoms with E-state index in [1.54, 1.807) is 81.7 Å². The van der Waals surface area contributed by atoms with Gasteiger partial charge in [0.15, 0.2) is 5.16 Å². The number of hydrogen-bond donors (Lipinski definition) is 1. The van der Waals surface area contributed by atoms with Crippen LogP contribution in [-0.4, -0.2) is 46.1 Å². The number of carbonyl (C=O) groups excluding carboxylic acids is 2. The van der Waals surface area contributed by atoms with Crippen LogP contribution in [0.4, 0.5) is 10.1 Å². The molecule has 0 aliphatic rings. The van der Waals surface area contributed by atoms with Gasteiger partial charge in [0.05, 0.1) is 22.3 Å². The Morgan fingerprint density at radius 2 is 1.77 bits per heavy atom. The van der Waals surface area contributed by atoms with Crippen molar-refractivity contribution in [3.63, 3.8) is 0 Å². The minimum Gasteiger partial charge on any atom is -0.345 e. The summed E-state index contributed by atoms with van der Waals surface area (Å²) in [6, 6.07) is 18.0. The second kappa shape index (κ2) is 10.1. The van der Waals surface area contributed by atoms with Gasteiger partial charge in [0.1, 0.15) is 5.82 Å². The van der Waals surface area contributed by atoms with Crippen LogP contribution in [0.1, 0.15) is 15.9 Å². The molecule has 4 aromatic rings. The number of nitrogens with zero attached hydrogens (tertiary/aromatic N) is 3. The van der Waals surface area contributed by atoms with E-state index in [4.69, 9.17) is 0 Å². The van der Waals surface area contributed by atoms with E-state index in [-0.39, 0.29) is 28.3 Å². The first-order valence-corrected chi connectivity index (χ1v) is 11.8. The van der Waals surface area contributed by atoms with Crippen LogP contribution in [0.25, 0.3) is 16.6 Å². The number of amides is 2. The maximum Gasteiger partial charge on any atom is 0.266 e. The predicted molar refractivity (Wildman–Crippen MR) is 136 cm³/mol. The number of halogens is 1. The van der Waals surface area contributed by atoms with Gasteiger partial charge < -0.3 is 10.2 Å². The molecule has 0 saturated heterocycles. The Morgan fingerprint density at radius 1 is 1.06 bits per heavy atom. The van der Waals surface area contributed by atoms with E-state index in [9.17, 15) is 18.8 Å². The molecule has 0 fully saturated rings.